The van der Waals surface area contributed by atoms with E-state index in [2.05, 4.69) is 9.88 Å². The van der Waals surface area contributed by atoms with Crippen molar-refractivity contribution >= 4 is 54.7 Å². The lowest BCUT2D eigenvalue weighted by atomic mass is 9.73. The number of aliphatic hydroxyl groups excluding tert-OH is 1. The third-order valence-corrected chi connectivity index (χ3v) is 11.5. The zero-order valence-corrected chi connectivity index (χ0v) is 25.7. The zero-order valence-electron chi connectivity index (χ0n) is 24.2. The molecule has 1 spiro atoms. The zero-order chi connectivity index (χ0) is 31.4. The van der Waals surface area contributed by atoms with Crippen molar-refractivity contribution in [3.8, 4) is 29.0 Å². The maximum absolute atomic E-state index is 17.0. The maximum atomic E-state index is 17.0. The van der Waals surface area contributed by atoms with E-state index in [1.54, 1.807) is 7.05 Å². The van der Waals surface area contributed by atoms with Gasteiger partial charge in [-0.3, -0.25) is 4.90 Å². The van der Waals surface area contributed by atoms with Crippen LogP contribution >= 0.6 is 22.9 Å². The van der Waals surface area contributed by atoms with E-state index >= 15 is 4.39 Å². The number of nitrogens with zero attached hydrogens (tertiary/aromatic N) is 5. The van der Waals surface area contributed by atoms with Gasteiger partial charge in [-0.1, -0.05) is 17.7 Å². The number of ether oxygens (including phenoxy) is 2. The number of nitrogens with two attached hydrogens (primary N) is 1. The van der Waals surface area contributed by atoms with Crippen LogP contribution in [-0.4, -0.2) is 76.7 Å². The van der Waals surface area contributed by atoms with Crippen molar-refractivity contribution in [2.45, 2.75) is 55.5 Å². The number of aromatic nitrogens is 2. The first kappa shape index (κ1) is 28.9. The second kappa shape index (κ2) is 9.96. The molecule has 3 fully saturated rings. The molecule has 1 saturated carbocycles. The van der Waals surface area contributed by atoms with Crippen molar-refractivity contribution in [1.82, 2.24) is 14.9 Å². The molecule has 5 heterocycles. The van der Waals surface area contributed by atoms with Crippen LogP contribution in [0.5, 0.6) is 11.8 Å². The lowest BCUT2D eigenvalue weighted by molar-refractivity contribution is -0.00190. The summed E-state index contributed by atoms with van der Waals surface area (Å²) in [4.78, 5) is 13.2. The minimum absolute atomic E-state index is 0.0180. The molecule has 2 atom stereocenters. The first-order chi connectivity index (χ1) is 21.6. The number of thiophene rings is 1. The summed E-state index contributed by atoms with van der Waals surface area (Å²) in [6.45, 7) is 1.39. The molecule has 2 aromatic carbocycles. The summed E-state index contributed by atoms with van der Waals surface area (Å²) in [5.74, 6) is -0.987. The van der Waals surface area contributed by atoms with Gasteiger partial charge < -0.3 is 25.2 Å². The molecule has 14 heteroatoms. The number of alkyl halides is 1. The van der Waals surface area contributed by atoms with Crippen LogP contribution < -0.4 is 20.1 Å². The SMILES string of the molecule is CN1c2nc(OC[C@@]34CCCN3C[C@H](F)C4)nc3c(F)c(-c4ccc(F)c5sc(N)c(C#N)c45)c(Cl)c(c23)OCC12CC(O)C2. The molecule has 8 rings (SSSR count). The highest BCUT2D eigenvalue weighted by molar-refractivity contribution is 7.23. The van der Waals surface area contributed by atoms with E-state index in [1.807, 2.05) is 11.0 Å². The molecule has 0 bridgehead atoms. The minimum atomic E-state index is -0.953. The van der Waals surface area contributed by atoms with Gasteiger partial charge in [-0.2, -0.15) is 15.2 Å². The van der Waals surface area contributed by atoms with Gasteiger partial charge in [0.25, 0.3) is 0 Å². The number of benzene rings is 2. The first-order valence-electron chi connectivity index (χ1n) is 14.8. The van der Waals surface area contributed by atoms with E-state index in [9.17, 15) is 19.1 Å². The van der Waals surface area contributed by atoms with Gasteiger partial charge >= 0.3 is 6.01 Å². The molecule has 2 saturated heterocycles. The summed E-state index contributed by atoms with van der Waals surface area (Å²) in [5.41, 5.74) is 4.85. The minimum Gasteiger partial charge on any atom is -0.489 e. The van der Waals surface area contributed by atoms with Gasteiger partial charge in [-0.05, 0) is 31.0 Å². The summed E-state index contributed by atoms with van der Waals surface area (Å²) >= 11 is 7.87. The van der Waals surface area contributed by atoms with Gasteiger partial charge in [0.15, 0.2) is 11.6 Å². The van der Waals surface area contributed by atoms with Crippen LogP contribution in [-0.2, 0) is 0 Å². The molecular weight excluding hydrogens is 629 g/mol. The lowest BCUT2D eigenvalue weighted by Crippen LogP contribution is -2.61. The van der Waals surface area contributed by atoms with Crippen molar-refractivity contribution in [2.24, 2.45) is 0 Å². The monoisotopic (exact) mass is 656 g/mol. The average Bonchev–Trinajstić information content (AvgIpc) is 3.61. The number of nitriles is 1. The molecule has 9 nitrogen and oxygen atoms in total. The van der Waals surface area contributed by atoms with Gasteiger partial charge in [0, 0.05) is 43.8 Å². The highest BCUT2D eigenvalue weighted by Crippen LogP contribution is 2.53. The van der Waals surface area contributed by atoms with E-state index in [0.29, 0.717) is 31.6 Å². The Hall–Kier alpha value is -3.57. The van der Waals surface area contributed by atoms with Crippen molar-refractivity contribution in [2.75, 3.05) is 44.0 Å². The number of fused-ring (bicyclic) bond motifs is 2. The number of likely N-dealkylation sites (N-methyl/N-ethyl adjacent to an activating group) is 1. The molecule has 0 amide bonds. The molecule has 45 heavy (non-hydrogen) atoms. The van der Waals surface area contributed by atoms with Crippen molar-refractivity contribution in [3.05, 3.63) is 34.4 Å². The lowest BCUT2D eigenvalue weighted by Gasteiger charge is -2.50. The van der Waals surface area contributed by atoms with E-state index < -0.39 is 35.0 Å². The molecule has 2 aromatic heterocycles. The third kappa shape index (κ3) is 4.05. The Kier molecular flexibility index (Phi) is 6.39. The number of nitrogen functional groups attached to an aromatic ring is 1. The Bertz CT molecular complexity index is 1960. The number of aliphatic hydroxyl groups is 1. The Labute approximate surface area is 264 Å². The Morgan fingerprint density at radius 3 is 2.82 bits per heavy atom. The molecule has 3 aliphatic heterocycles. The second-order valence-corrected chi connectivity index (χ2v) is 14.1. The van der Waals surface area contributed by atoms with Crippen LogP contribution in [0.25, 0.3) is 32.1 Å². The van der Waals surface area contributed by atoms with E-state index in [0.717, 1.165) is 30.7 Å². The number of anilines is 2. The second-order valence-electron chi connectivity index (χ2n) is 12.6. The number of hydrogen-bond donors (Lipinski definition) is 2. The van der Waals surface area contributed by atoms with Gasteiger partial charge in [-0.15, -0.1) is 11.3 Å². The van der Waals surface area contributed by atoms with Gasteiger partial charge in [0.05, 0.1) is 37.9 Å². The number of rotatable bonds is 4. The quantitative estimate of drug-likeness (QED) is 0.290. The number of hydrogen-bond acceptors (Lipinski definition) is 10. The summed E-state index contributed by atoms with van der Waals surface area (Å²) < 4.78 is 59.0. The molecule has 4 aliphatic rings. The molecule has 1 aliphatic carbocycles. The van der Waals surface area contributed by atoms with E-state index in [1.165, 1.54) is 12.1 Å². The van der Waals surface area contributed by atoms with Crippen molar-refractivity contribution in [3.63, 3.8) is 0 Å². The normalized spacial score (nSPS) is 27.4. The van der Waals surface area contributed by atoms with Crippen LogP contribution in [0.3, 0.4) is 0 Å². The summed E-state index contributed by atoms with van der Waals surface area (Å²) in [6, 6.07) is 4.46. The number of halogens is 4. The van der Waals surface area contributed by atoms with Crippen molar-refractivity contribution in [1.29, 1.82) is 5.26 Å². The van der Waals surface area contributed by atoms with Crippen molar-refractivity contribution < 1.29 is 27.8 Å². The summed E-state index contributed by atoms with van der Waals surface area (Å²) in [7, 11) is 1.80. The van der Waals surface area contributed by atoms with Crippen LogP contribution in [0.4, 0.5) is 24.0 Å². The molecule has 3 N–H and O–H groups in total. The topological polar surface area (TPSA) is 121 Å². The molecule has 0 radical (unpaired) electrons. The average molecular weight is 657 g/mol. The highest BCUT2D eigenvalue weighted by atomic mass is 35.5. The molecule has 4 aromatic rings. The Balaban J connectivity index is 1.34. The fourth-order valence-corrected chi connectivity index (χ4v) is 9.09. The Morgan fingerprint density at radius 2 is 2.07 bits per heavy atom. The summed E-state index contributed by atoms with van der Waals surface area (Å²) in [6.07, 6.45) is 1.32. The fraction of sp³-hybridized carbons (Fsp3) is 0.452. The highest BCUT2D eigenvalue weighted by Gasteiger charge is 2.52. The van der Waals surface area contributed by atoms with E-state index in [-0.39, 0.29) is 72.7 Å². The van der Waals surface area contributed by atoms with Crippen LogP contribution in [0.2, 0.25) is 5.02 Å². The van der Waals surface area contributed by atoms with Gasteiger partial charge in [0.1, 0.15) is 47.6 Å². The molecular formula is C31H28ClF3N6O3S. The summed E-state index contributed by atoms with van der Waals surface area (Å²) in [5, 5.41) is 20.5. The smallest absolute Gasteiger partial charge is 0.319 e. The fourth-order valence-electron chi connectivity index (χ4n) is 7.81. The van der Waals surface area contributed by atoms with Gasteiger partial charge in [0.2, 0.25) is 0 Å². The predicted molar refractivity (Wildman–Crippen MR) is 165 cm³/mol. The van der Waals surface area contributed by atoms with Crippen LogP contribution in [0.1, 0.15) is 37.7 Å². The maximum Gasteiger partial charge on any atom is 0.319 e. The molecule has 0 unspecified atom stereocenters. The Morgan fingerprint density at radius 1 is 1.27 bits per heavy atom. The van der Waals surface area contributed by atoms with Crippen LogP contribution in [0, 0.1) is 23.0 Å². The standard InChI is InChI=1S/C31H28ClF3N6O3S/c1-40-28-21-24(38-29(39-28)44-12-30-5-2-6-41(30)11-14(33)7-30)23(35)20(22(32)25(21)43-13-31(40)8-15(42)9-31)16-3-4-18(34)26-19(16)17(10-36)27(37)45-26/h3-4,14-15,42H,2,5-9,11-13,37H2,1H3/t14-,15?,30+,31?/m1/s1. The van der Waals surface area contributed by atoms with Crippen LogP contribution in [0.15, 0.2) is 12.1 Å². The molecule has 234 valence electrons. The van der Waals surface area contributed by atoms with E-state index in [4.69, 9.17) is 31.8 Å². The van der Waals surface area contributed by atoms with Gasteiger partial charge in [-0.25, -0.2) is 13.2 Å². The predicted octanol–water partition coefficient (Wildman–Crippen LogP) is 5.57. The third-order valence-electron chi connectivity index (χ3n) is 10.1. The largest absolute Gasteiger partial charge is 0.489 e. The first-order valence-corrected chi connectivity index (χ1v) is 16.0.